The fourth-order valence-electron chi connectivity index (χ4n) is 0.938. The van der Waals surface area contributed by atoms with Gasteiger partial charge in [0.15, 0.2) is 0 Å². The first kappa shape index (κ1) is 20.3. The Labute approximate surface area is 96.6 Å². The molecule has 0 fully saturated rings. The number of carbonyl (C=O) groups excluding carboxylic acids is 1. The zero-order chi connectivity index (χ0) is 12.4. The van der Waals surface area contributed by atoms with Crippen LogP contribution in [0.25, 0.3) is 0 Å². The molecule has 0 aliphatic rings. The number of rotatable bonds is 4. The van der Waals surface area contributed by atoms with E-state index < -0.39 is 12.0 Å². The largest absolute Gasteiger partial charge is 0.480 e. The van der Waals surface area contributed by atoms with Crippen molar-refractivity contribution in [2.75, 3.05) is 6.61 Å². The van der Waals surface area contributed by atoms with Crippen LogP contribution < -0.4 is 11.5 Å². The van der Waals surface area contributed by atoms with Crippen LogP contribution in [0.5, 0.6) is 0 Å². The number of carboxylic acid groups (broad SMARTS) is 1. The molecule has 1 atom stereocenters. The van der Waals surface area contributed by atoms with E-state index >= 15 is 0 Å². The maximum atomic E-state index is 10.6. The highest BCUT2D eigenvalue weighted by molar-refractivity contribution is 5.81. The van der Waals surface area contributed by atoms with Gasteiger partial charge >= 0.3 is 5.97 Å². The van der Waals surface area contributed by atoms with Gasteiger partial charge in [-0.2, -0.15) is 0 Å². The quantitative estimate of drug-likeness (QED) is 0.574. The van der Waals surface area contributed by atoms with Crippen LogP contribution in [-0.4, -0.2) is 34.7 Å². The van der Waals surface area contributed by atoms with E-state index in [1.165, 1.54) is 6.92 Å². The fourth-order valence-corrected chi connectivity index (χ4v) is 0.938. The van der Waals surface area contributed by atoms with E-state index in [1.54, 1.807) is 6.92 Å². The lowest BCUT2D eigenvalue weighted by molar-refractivity contribution is -0.142. The molecule has 0 saturated heterocycles. The number of hydrogen-bond donors (Lipinski definition) is 4. The van der Waals surface area contributed by atoms with E-state index in [2.05, 4.69) is 5.32 Å². The van der Waals surface area contributed by atoms with Crippen LogP contribution in [0.15, 0.2) is 0 Å². The SMILES string of the molecule is CC(=O)NC(CC(C)C)C(=O)O.CCO.N. The Kier molecular flexibility index (Phi) is 15.1. The molecule has 0 spiro atoms. The van der Waals surface area contributed by atoms with Gasteiger partial charge in [-0.3, -0.25) is 4.79 Å². The minimum atomic E-state index is -0.973. The summed E-state index contributed by atoms with van der Waals surface area (Å²) < 4.78 is 0. The minimum Gasteiger partial charge on any atom is -0.480 e. The summed E-state index contributed by atoms with van der Waals surface area (Å²) in [6.07, 6.45) is 0.467. The third-order valence-electron chi connectivity index (χ3n) is 1.38. The molecular formula is C10H24N2O4. The molecule has 0 aliphatic heterocycles. The van der Waals surface area contributed by atoms with Crippen molar-refractivity contribution in [1.82, 2.24) is 11.5 Å². The van der Waals surface area contributed by atoms with Crippen LogP contribution in [0.2, 0.25) is 0 Å². The number of aliphatic hydroxyl groups is 1. The smallest absolute Gasteiger partial charge is 0.326 e. The molecule has 0 bridgehead atoms. The van der Waals surface area contributed by atoms with Gasteiger partial charge < -0.3 is 21.7 Å². The number of aliphatic carboxylic acids is 1. The van der Waals surface area contributed by atoms with Crippen LogP contribution in [-0.2, 0) is 9.59 Å². The molecule has 1 unspecified atom stereocenters. The molecule has 6 N–H and O–H groups in total. The van der Waals surface area contributed by atoms with Crippen molar-refractivity contribution in [2.24, 2.45) is 5.92 Å². The summed E-state index contributed by atoms with van der Waals surface area (Å²) in [7, 11) is 0. The molecule has 16 heavy (non-hydrogen) atoms. The van der Waals surface area contributed by atoms with E-state index in [-0.39, 0.29) is 24.6 Å². The first-order valence-corrected chi connectivity index (χ1v) is 4.95. The van der Waals surface area contributed by atoms with Crippen molar-refractivity contribution in [3.63, 3.8) is 0 Å². The molecule has 1 amide bonds. The predicted octanol–water partition coefficient (Wildman–Crippen LogP) is 0.782. The Balaban J connectivity index is -0.000000377. The zero-order valence-corrected chi connectivity index (χ0v) is 10.5. The second kappa shape index (κ2) is 11.9. The van der Waals surface area contributed by atoms with Crippen molar-refractivity contribution in [1.29, 1.82) is 0 Å². The van der Waals surface area contributed by atoms with Crippen molar-refractivity contribution >= 4 is 11.9 Å². The number of aliphatic hydroxyl groups excluding tert-OH is 1. The van der Waals surface area contributed by atoms with E-state index in [4.69, 9.17) is 10.2 Å². The van der Waals surface area contributed by atoms with Gasteiger partial charge in [0.25, 0.3) is 0 Å². The summed E-state index contributed by atoms with van der Waals surface area (Å²) in [5, 5.41) is 18.6. The Hall–Kier alpha value is -1.14. The van der Waals surface area contributed by atoms with Crippen molar-refractivity contribution in [3.8, 4) is 0 Å². The monoisotopic (exact) mass is 236 g/mol. The Bertz CT molecular complexity index is 195. The molecule has 98 valence electrons. The highest BCUT2D eigenvalue weighted by atomic mass is 16.4. The summed E-state index contributed by atoms with van der Waals surface area (Å²) in [6.45, 7) is 7.08. The molecule has 6 nitrogen and oxygen atoms in total. The first-order chi connectivity index (χ1) is 6.84. The third kappa shape index (κ3) is 15.3. The van der Waals surface area contributed by atoms with Gasteiger partial charge in [-0.1, -0.05) is 13.8 Å². The standard InChI is InChI=1S/C8H15NO3.C2H6O.H3N/c1-5(2)4-7(8(11)12)9-6(3)10;1-2-3;/h5,7H,4H2,1-3H3,(H,9,10)(H,11,12);3H,2H2,1H3;1H3. The number of carboxylic acids is 1. The highest BCUT2D eigenvalue weighted by Crippen LogP contribution is 2.04. The van der Waals surface area contributed by atoms with Crippen LogP contribution in [0, 0.1) is 5.92 Å². The van der Waals surface area contributed by atoms with Gasteiger partial charge in [-0.05, 0) is 19.3 Å². The number of carbonyl (C=O) groups is 2. The average molecular weight is 236 g/mol. The number of amides is 1. The lowest BCUT2D eigenvalue weighted by atomic mass is 10.0. The van der Waals surface area contributed by atoms with E-state index in [1.807, 2.05) is 13.8 Å². The maximum Gasteiger partial charge on any atom is 0.326 e. The topological polar surface area (TPSA) is 122 Å². The van der Waals surface area contributed by atoms with Crippen LogP contribution in [0.3, 0.4) is 0 Å². The van der Waals surface area contributed by atoms with Gasteiger partial charge in [0.05, 0.1) is 0 Å². The lowest BCUT2D eigenvalue weighted by Crippen LogP contribution is -2.40. The Morgan fingerprint density at radius 2 is 1.69 bits per heavy atom. The maximum absolute atomic E-state index is 10.6. The van der Waals surface area contributed by atoms with Crippen molar-refractivity contribution < 1.29 is 19.8 Å². The van der Waals surface area contributed by atoms with Crippen LogP contribution >= 0.6 is 0 Å². The molecule has 0 heterocycles. The normalized spacial score (nSPS) is 10.6. The molecule has 0 aromatic carbocycles. The molecule has 0 aromatic heterocycles. The number of nitrogens with one attached hydrogen (secondary N) is 1. The molecule has 0 aromatic rings. The highest BCUT2D eigenvalue weighted by Gasteiger charge is 2.18. The van der Waals surface area contributed by atoms with E-state index in [0.29, 0.717) is 6.42 Å². The van der Waals surface area contributed by atoms with Gasteiger partial charge in [0, 0.05) is 13.5 Å². The third-order valence-corrected chi connectivity index (χ3v) is 1.38. The first-order valence-electron chi connectivity index (χ1n) is 4.95. The zero-order valence-electron chi connectivity index (χ0n) is 10.5. The van der Waals surface area contributed by atoms with Crippen molar-refractivity contribution in [3.05, 3.63) is 0 Å². The van der Waals surface area contributed by atoms with Crippen molar-refractivity contribution in [2.45, 2.75) is 40.2 Å². The molecule has 0 radical (unpaired) electrons. The van der Waals surface area contributed by atoms with E-state index in [9.17, 15) is 9.59 Å². The minimum absolute atomic E-state index is 0. The lowest BCUT2D eigenvalue weighted by Gasteiger charge is -2.14. The predicted molar refractivity (Wildman–Crippen MR) is 62.5 cm³/mol. The summed E-state index contributed by atoms with van der Waals surface area (Å²) in [5.41, 5.74) is 0. The van der Waals surface area contributed by atoms with Crippen LogP contribution in [0.1, 0.15) is 34.1 Å². The van der Waals surface area contributed by atoms with Gasteiger partial charge in [-0.25, -0.2) is 4.79 Å². The second-order valence-corrected chi connectivity index (χ2v) is 3.54. The average Bonchev–Trinajstić information content (AvgIpc) is 2.02. The summed E-state index contributed by atoms with van der Waals surface area (Å²) in [6, 6.07) is -0.748. The van der Waals surface area contributed by atoms with Gasteiger partial charge in [-0.15, -0.1) is 0 Å². The summed E-state index contributed by atoms with van der Waals surface area (Å²) in [4.78, 5) is 21.1. The van der Waals surface area contributed by atoms with E-state index in [0.717, 1.165) is 0 Å². The molecule has 6 heteroatoms. The summed E-state index contributed by atoms with van der Waals surface area (Å²) >= 11 is 0. The van der Waals surface area contributed by atoms with Gasteiger partial charge in [0.1, 0.15) is 6.04 Å². The Morgan fingerprint density at radius 3 is 1.88 bits per heavy atom. The number of hydrogen-bond acceptors (Lipinski definition) is 4. The summed E-state index contributed by atoms with van der Waals surface area (Å²) in [5.74, 6) is -1.01. The van der Waals surface area contributed by atoms with Crippen LogP contribution in [0.4, 0.5) is 0 Å². The Morgan fingerprint density at radius 1 is 1.31 bits per heavy atom. The fraction of sp³-hybridized carbons (Fsp3) is 0.800. The molecule has 0 saturated carbocycles. The molecule has 0 rings (SSSR count). The second-order valence-electron chi connectivity index (χ2n) is 3.54. The molecule has 0 aliphatic carbocycles. The van der Waals surface area contributed by atoms with Gasteiger partial charge in [0.2, 0.25) is 5.91 Å². The molecular weight excluding hydrogens is 212 g/mol.